The Morgan fingerprint density at radius 3 is 2.40 bits per heavy atom. The second-order valence-electron chi connectivity index (χ2n) is 6.34. The summed E-state index contributed by atoms with van der Waals surface area (Å²) in [7, 11) is 0. The van der Waals surface area contributed by atoms with E-state index < -0.39 is 0 Å². The highest BCUT2D eigenvalue weighted by Gasteiger charge is 2.19. The second-order valence-corrected chi connectivity index (χ2v) is 6.34. The summed E-state index contributed by atoms with van der Waals surface area (Å²) in [4.78, 5) is 5.20. The Labute approximate surface area is 124 Å². The van der Waals surface area contributed by atoms with Crippen molar-refractivity contribution >= 4 is 0 Å². The first kappa shape index (κ1) is 16.2. The van der Waals surface area contributed by atoms with Crippen molar-refractivity contribution in [3.8, 4) is 0 Å². The van der Waals surface area contributed by atoms with E-state index in [0.29, 0.717) is 6.61 Å². The molecular weight excluding hydrogens is 252 g/mol. The monoisotopic (exact) mass is 284 g/mol. The topological polar surface area (TPSA) is 35.9 Å². The van der Waals surface area contributed by atoms with Crippen LogP contribution in [0.15, 0.2) is 0 Å². The van der Waals surface area contributed by atoms with Crippen LogP contribution in [-0.2, 0) is 4.74 Å². The van der Waals surface area contributed by atoms with E-state index in [1.54, 1.807) is 0 Å². The van der Waals surface area contributed by atoms with Crippen LogP contribution in [0.5, 0.6) is 0 Å². The Morgan fingerprint density at radius 2 is 1.60 bits per heavy atom. The number of aliphatic hydroxyl groups excluding tert-OH is 1. The zero-order valence-electron chi connectivity index (χ0n) is 12.9. The molecule has 1 saturated heterocycles. The van der Waals surface area contributed by atoms with Gasteiger partial charge in [-0.05, 0) is 38.3 Å². The summed E-state index contributed by atoms with van der Waals surface area (Å²) in [5.74, 6) is 0.961. The van der Waals surface area contributed by atoms with E-state index in [1.807, 2.05) is 0 Å². The standard InChI is InChI=1S/C16H32N2O2/c19-12-14-20-13-11-17-7-4-8-18(10-9-17)15-16-5-2-1-3-6-16/h16,19H,1-15H2. The van der Waals surface area contributed by atoms with Gasteiger partial charge >= 0.3 is 0 Å². The fourth-order valence-electron chi connectivity index (χ4n) is 3.53. The average molecular weight is 284 g/mol. The Kier molecular flexibility index (Phi) is 7.88. The van der Waals surface area contributed by atoms with Gasteiger partial charge in [-0.15, -0.1) is 0 Å². The van der Waals surface area contributed by atoms with E-state index in [4.69, 9.17) is 9.84 Å². The van der Waals surface area contributed by atoms with Gasteiger partial charge < -0.3 is 14.7 Å². The lowest BCUT2D eigenvalue weighted by molar-refractivity contribution is 0.0741. The molecule has 1 aliphatic carbocycles. The third-order valence-electron chi connectivity index (χ3n) is 4.71. The molecular formula is C16H32N2O2. The summed E-state index contributed by atoms with van der Waals surface area (Å²) in [5.41, 5.74) is 0. The number of nitrogens with zero attached hydrogens (tertiary/aromatic N) is 2. The minimum atomic E-state index is 0.134. The van der Waals surface area contributed by atoms with Crippen LogP contribution >= 0.6 is 0 Å². The van der Waals surface area contributed by atoms with E-state index >= 15 is 0 Å². The minimum absolute atomic E-state index is 0.134. The molecule has 4 nitrogen and oxygen atoms in total. The van der Waals surface area contributed by atoms with Crippen molar-refractivity contribution in [3.05, 3.63) is 0 Å². The minimum Gasteiger partial charge on any atom is -0.394 e. The maximum Gasteiger partial charge on any atom is 0.0698 e. The second kappa shape index (κ2) is 9.72. The van der Waals surface area contributed by atoms with Crippen molar-refractivity contribution in [1.82, 2.24) is 9.80 Å². The zero-order valence-corrected chi connectivity index (χ0v) is 12.9. The lowest BCUT2D eigenvalue weighted by Crippen LogP contribution is -2.35. The summed E-state index contributed by atoms with van der Waals surface area (Å²) in [6, 6.07) is 0. The van der Waals surface area contributed by atoms with E-state index in [0.717, 1.165) is 19.1 Å². The summed E-state index contributed by atoms with van der Waals surface area (Å²) >= 11 is 0. The van der Waals surface area contributed by atoms with Crippen LogP contribution < -0.4 is 0 Å². The SMILES string of the molecule is OCCOCCN1CCCN(CC2CCCCC2)CC1. The first-order valence-corrected chi connectivity index (χ1v) is 8.52. The first-order valence-electron chi connectivity index (χ1n) is 8.52. The fraction of sp³-hybridized carbons (Fsp3) is 1.00. The van der Waals surface area contributed by atoms with Crippen molar-refractivity contribution in [3.63, 3.8) is 0 Å². The van der Waals surface area contributed by atoms with Crippen LogP contribution in [-0.4, -0.2) is 74.0 Å². The molecule has 0 aromatic carbocycles. The van der Waals surface area contributed by atoms with Crippen molar-refractivity contribution in [2.75, 3.05) is 59.1 Å². The van der Waals surface area contributed by atoms with Crippen molar-refractivity contribution in [2.24, 2.45) is 5.92 Å². The molecule has 4 heteroatoms. The van der Waals surface area contributed by atoms with Gasteiger partial charge in [-0.1, -0.05) is 19.3 Å². The summed E-state index contributed by atoms with van der Waals surface area (Å²) in [5, 5.41) is 8.69. The molecule has 1 heterocycles. The Bertz CT molecular complexity index is 245. The van der Waals surface area contributed by atoms with Gasteiger partial charge in [-0.25, -0.2) is 0 Å². The van der Waals surface area contributed by atoms with Crippen LogP contribution in [0.2, 0.25) is 0 Å². The van der Waals surface area contributed by atoms with Crippen LogP contribution in [0.3, 0.4) is 0 Å². The molecule has 118 valence electrons. The Balaban J connectivity index is 1.61. The van der Waals surface area contributed by atoms with E-state index in [9.17, 15) is 0 Å². The fourth-order valence-corrected chi connectivity index (χ4v) is 3.53. The van der Waals surface area contributed by atoms with Gasteiger partial charge in [0.05, 0.1) is 19.8 Å². The van der Waals surface area contributed by atoms with Crippen LogP contribution in [0, 0.1) is 5.92 Å². The van der Waals surface area contributed by atoms with Crippen molar-refractivity contribution in [1.29, 1.82) is 0 Å². The van der Waals surface area contributed by atoms with Crippen molar-refractivity contribution in [2.45, 2.75) is 38.5 Å². The van der Waals surface area contributed by atoms with Gasteiger partial charge in [-0.2, -0.15) is 0 Å². The van der Waals surface area contributed by atoms with Gasteiger partial charge in [0.15, 0.2) is 0 Å². The number of rotatable bonds is 7. The number of hydrogen-bond acceptors (Lipinski definition) is 4. The molecule has 2 rings (SSSR count). The number of ether oxygens (including phenoxy) is 1. The number of hydrogen-bond donors (Lipinski definition) is 1. The Hall–Kier alpha value is -0.160. The molecule has 0 unspecified atom stereocenters. The molecule has 20 heavy (non-hydrogen) atoms. The molecule has 0 bridgehead atoms. The summed E-state index contributed by atoms with van der Waals surface area (Å²) < 4.78 is 5.37. The van der Waals surface area contributed by atoms with E-state index in [-0.39, 0.29) is 6.61 Å². The third kappa shape index (κ3) is 6.08. The molecule has 1 aliphatic heterocycles. The van der Waals surface area contributed by atoms with E-state index in [1.165, 1.54) is 71.2 Å². The predicted molar refractivity (Wildman–Crippen MR) is 82.0 cm³/mol. The lowest BCUT2D eigenvalue weighted by atomic mass is 9.89. The van der Waals surface area contributed by atoms with Crippen LogP contribution in [0.1, 0.15) is 38.5 Å². The maximum absolute atomic E-state index is 8.69. The molecule has 2 aliphatic rings. The predicted octanol–water partition coefficient (Wildman–Crippen LogP) is 1.58. The zero-order chi connectivity index (χ0) is 14.0. The normalized spacial score (nSPS) is 23.9. The first-order chi connectivity index (χ1) is 9.88. The molecule has 2 fully saturated rings. The maximum atomic E-state index is 8.69. The quantitative estimate of drug-likeness (QED) is 0.720. The molecule has 1 saturated carbocycles. The van der Waals surface area contributed by atoms with Gasteiger partial charge in [0.2, 0.25) is 0 Å². The Morgan fingerprint density at radius 1 is 0.850 bits per heavy atom. The molecule has 0 aromatic heterocycles. The highest BCUT2D eigenvalue weighted by molar-refractivity contribution is 4.74. The van der Waals surface area contributed by atoms with Gasteiger partial charge in [-0.3, -0.25) is 4.90 Å². The summed E-state index contributed by atoms with van der Waals surface area (Å²) in [6.07, 6.45) is 8.55. The largest absolute Gasteiger partial charge is 0.394 e. The molecule has 0 spiro atoms. The lowest BCUT2D eigenvalue weighted by Gasteiger charge is -2.28. The molecule has 1 N–H and O–H groups in total. The molecule has 0 radical (unpaired) electrons. The summed E-state index contributed by atoms with van der Waals surface area (Å²) in [6.45, 7) is 8.56. The van der Waals surface area contributed by atoms with E-state index in [2.05, 4.69) is 9.80 Å². The van der Waals surface area contributed by atoms with Crippen molar-refractivity contribution < 1.29 is 9.84 Å². The molecule has 0 atom stereocenters. The van der Waals surface area contributed by atoms with Gasteiger partial charge in [0.25, 0.3) is 0 Å². The average Bonchev–Trinajstić information content (AvgIpc) is 2.70. The highest BCUT2D eigenvalue weighted by atomic mass is 16.5. The van der Waals surface area contributed by atoms with Crippen LogP contribution in [0.4, 0.5) is 0 Å². The molecule has 0 aromatic rings. The van der Waals surface area contributed by atoms with Gasteiger partial charge in [0.1, 0.15) is 0 Å². The number of aliphatic hydroxyl groups is 1. The highest BCUT2D eigenvalue weighted by Crippen LogP contribution is 2.24. The van der Waals surface area contributed by atoms with Gasteiger partial charge in [0, 0.05) is 26.2 Å². The molecule has 0 amide bonds. The third-order valence-corrected chi connectivity index (χ3v) is 4.71. The smallest absolute Gasteiger partial charge is 0.0698 e. The van der Waals surface area contributed by atoms with Crippen LogP contribution in [0.25, 0.3) is 0 Å².